The van der Waals surface area contributed by atoms with E-state index in [1.807, 2.05) is 37.3 Å². The third-order valence-electron chi connectivity index (χ3n) is 4.99. The predicted octanol–water partition coefficient (Wildman–Crippen LogP) is 4.59. The van der Waals surface area contributed by atoms with Crippen molar-refractivity contribution in [1.29, 1.82) is 0 Å². The van der Waals surface area contributed by atoms with E-state index >= 15 is 0 Å². The van der Waals surface area contributed by atoms with Crippen LogP contribution >= 0.6 is 0 Å². The van der Waals surface area contributed by atoms with E-state index in [1.54, 1.807) is 0 Å². The predicted molar refractivity (Wildman–Crippen MR) is 99.8 cm³/mol. The lowest BCUT2D eigenvalue weighted by Crippen LogP contribution is -2.57. The molecular weight excluding hydrogens is 316 g/mol. The van der Waals surface area contributed by atoms with Gasteiger partial charge in [0.05, 0.1) is 0 Å². The summed E-state index contributed by atoms with van der Waals surface area (Å²) in [5.41, 5.74) is 0.730. The van der Waals surface area contributed by atoms with Gasteiger partial charge in [-0.25, -0.2) is 0 Å². The van der Waals surface area contributed by atoms with Gasteiger partial charge in [0.25, 0.3) is 5.91 Å². The molecule has 1 aromatic carbocycles. The van der Waals surface area contributed by atoms with Crippen molar-refractivity contribution in [3.05, 3.63) is 35.9 Å². The zero-order chi connectivity index (χ0) is 18.3. The number of methoxy groups -OCH3 is 2. The van der Waals surface area contributed by atoms with Crippen LogP contribution in [0.15, 0.2) is 35.3 Å². The Morgan fingerprint density at radius 1 is 1.00 bits per heavy atom. The molecule has 0 aliphatic carbocycles. The molecule has 1 aromatic rings. The number of hydroxylamine groups is 2. The third-order valence-corrected chi connectivity index (χ3v) is 4.99. The van der Waals surface area contributed by atoms with Gasteiger partial charge in [-0.15, -0.1) is 5.06 Å². The molecular formula is C20H32N2O3. The molecule has 2 rings (SSSR count). The van der Waals surface area contributed by atoms with Crippen LogP contribution in [0.4, 0.5) is 0 Å². The second kappa shape index (κ2) is 8.90. The fourth-order valence-corrected chi connectivity index (χ4v) is 3.47. The van der Waals surface area contributed by atoms with Crippen LogP contribution in [-0.4, -0.2) is 41.8 Å². The van der Waals surface area contributed by atoms with E-state index in [4.69, 9.17) is 14.5 Å². The summed E-state index contributed by atoms with van der Waals surface area (Å²) >= 11 is 0. The zero-order valence-corrected chi connectivity index (χ0v) is 16.0. The number of nitrogens with zero attached hydrogens (tertiary/aromatic N) is 2. The minimum atomic E-state index is -1.38. The van der Waals surface area contributed by atoms with Crippen LogP contribution in [-0.2, 0) is 9.47 Å². The second-order valence-corrected chi connectivity index (χ2v) is 6.86. The minimum absolute atomic E-state index is 0.606. The van der Waals surface area contributed by atoms with Gasteiger partial charge in [0.1, 0.15) is 11.4 Å². The molecule has 0 saturated carbocycles. The summed E-state index contributed by atoms with van der Waals surface area (Å²) < 4.78 is 11.2. The normalized spacial score (nSPS) is 23.0. The molecule has 0 fully saturated rings. The van der Waals surface area contributed by atoms with E-state index in [0.29, 0.717) is 5.71 Å². The lowest BCUT2D eigenvalue weighted by molar-refractivity contribution is -0.362. The summed E-state index contributed by atoms with van der Waals surface area (Å²) in [5.74, 6) is -1.38. The van der Waals surface area contributed by atoms with Gasteiger partial charge < -0.3 is 14.7 Å². The molecule has 0 amide bonds. The van der Waals surface area contributed by atoms with Gasteiger partial charge in [-0.3, -0.25) is 4.99 Å². The summed E-state index contributed by atoms with van der Waals surface area (Å²) in [7, 11) is 3.06. The number of benzene rings is 1. The van der Waals surface area contributed by atoms with Crippen molar-refractivity contribution in [1.82, 2.24) is 5.06 Å². The Labute approximate surface area is 151 Å². The molecule has 140 valence electrons. The van der Waals surface area contributed by atoms with Gasteiger partial charge in [-0.05, 0) is 19.8 Å². The summed E-state index contributed by atoms with van der Waals surface area (Å²) in [6, 6.07) is 9.75. The standard InChI is InChI=1S/C20H32N2O3/c1-5-6-7-8-9-13-16-19(2)21-18(17-14-11-10-12-15-17)20(24-3,25-4)22(19)23/h10-12,14-15,23H,5-9,13,16H2,1-4H3/t19-/m0/s1. The molecule has 5 nitrogen and oxygen atoms in total. The first-order valence-electron chi connectivity index (χ1n) is 9.29. The highest BCUT2D eigenvalue weighted by Gasteiger charge is 2.57. The SMILES string of the molecule is CCCCCCCC[C@@]1(C)N=C(c2ccccc2)C(OC)(OC)N1O. The maximum absolute atomic E-state index is 10.9. The molecule has 0 bridgehead atoms. The molecule has 0 spiro atoms. The zero-order valence-electron chi connectivity index (χ0n) is 16.0. The molecule has 1 aliphatic rings. The fraction of sp³-hybridized carbons (Fsp3) is 0.650. The van der Waals surface area contributed by atoms with Gasteiger partial charge >= 0.3 is 0 Å². The van der Waals surface area contributed by atoms with Crippen LogP contribution < -0.4 is 0 Å². The Morgan fingerprint density at radius 2 is 1.60 bits per heavy atom. The van der Waals surface area contributed by atoms with Gasteiger partial charge in [-0.1, -0.05) is 69.4 Å². The highest BCUT2D eigenvalue weighted by atomic mass is 16.8. The quantitative estimate of drug-likeness (QED) is 0.496. The summed E-state index contributed by atoms with van der Waals surface area (Å²) in [5, 5.41) is 12.0. The number of unbranched alkanes of at least 4 members (excludes halogenated alkanes) is 5. The molecule has 25 heavy (non-hydrogen) atoms. The first-order valence-corrected chi connectivity index (χ1v) is 9.29. The van der Waals surface area contributed by atoms with Gasteiger partial charge in [0, 0.05) is 19.8 Å². The van der Waals surface area contributed by atoms with Crippen LogP contribution in [0.3, 0.4) is 0 Å². The number of hydrogen-bond donors (Lipinski definition) is 1. The molecule has 5 heteroatoms. The number of rotatable bonds is 10. The van der Waals surface area contributed by atoms with Crippen molar-refractivity contribution in [3.8, 4) is 0 Å². The van der Waals surface area contributed by atoms with E-state index in [0.717, 1.165) is 29.9 Å². The van der Waals surface area contributed by atoms with E-state index in [-0.39, 0.29) is 0 Å². The van der Waals surface area contributed by atoms with Crippen LogP contribution in [0.2, 0.25) is 0 Å². The topological polar surface area (TPSA) is 54.3 Å². The second-order valence-electron chi connectivity index (χ2n) is 6.86. The largest absolute Gasteiger partial charge is 0.334 e. The van der Waals surface area contributed by atoms with Crippen molar-refractivity contribution < 1.29 is 14.7 Å². The fourth-order valence-electron chi connectivity index (χ4n) is 3.47. The summed E-state index contributed by atoms with van der Waals surface area (Å²) in [6.45, 7) is 4.15. The lowest BCUT2D eigenvalue weighted by Gasteiger charge is -2.38. The van der Waals surface area contributed by atoms with E-state index in [2.05, 4.69) is 6.92 Å². The van der Waals surface area contributed by atoms with E-state index in [9.17, 15) is 5.21 Å². The van der Waals surface area contributed by atoms with Crippen molar-refractivity contribution in [2.24, 2.45) is 4.99 Å². The van der Waals surface area contributed by atoms with Gasteiger partial charge in [0.2, 0.25) is 0 Å². The summed E-state index contributed by atoms with van der Waals surface area (Å²) in [6.07, 6.45) is 7.94. The first-order chi connectivity index (χ1) is 12.0. The Hall–Kier alpha value is -1.27. The van der Waals surface area contributed by atoms with Crippen LogP contribution in [0.25, 0.3) is 0 Å². The minimum Gasteiger partial charge on any atom is -0.334 e. The molecule has 1 heterocycles. The molecule has 0 saturated heterocycles. The molecule has 0 unspecified atom stereocenters. The number of aliphatic imine (C=N–C) groups is 1. The Morgan fingerprint density at radius 3 is 2.20 bits per heavy atom. The molecule has 0 aromatic heterocycles. The highest BCUT2D eigenvalue weighted by molar-refractivity contribution is 6.06. The van der Waals surface area contributed by atoms with Crippen molar-refractivity contribution in [2.75, 3.05) is 14.2 Å². The lowest BCUT2D eigenvalue weighted by atomic mass is 10.0. The smallest absolute Gasteiger partial charge is 0.300 e. The Kier molecular flexibility index (Phi) is 7.14. The summed E-state index contributed by atoms with van der Waals surface area (Å²) in [4.78, 5) is 4.84. The van der Waals surface area contributed by atoms with E-state index in [1.165, 1.54) is 39.9 Å². The highest BCUT2D eigenvalue weighted by Crippen LogP contribution is 2.40. The van der Waals surface area contributed by atoms with Gasteiger partial charge in [-0.2, -0.15) is 0 Å². The Balaban J connectivity index is 2.17. The average molecular weight is 348 g/mol. The number of ether oxygens (including phenoxy) is 2. The van der Waals surface area contributed by atoms with Gasteiger partial charge in [0.15, 0.2) is 0 Å². The van der Waals surface area contributed by atoms with Crippen LogP contribution in [0.1, 0.15) is 64.4 Å². The van der Waals surface area contributed by atoms with Crippen molar-refractivity contribution >= 4 is 5.71 Å². The van der Waals surface area contributed by atoms with Crippen molar-refractivity contribution in [3.63, 3.8) is 0 Å². The third kappa shape index (κ3) is 4.11. The Bertz CT molecular complexity index is 557. The molecule has 1 atom stereocenters. The number of hydrogen-bond acceptors (Lipinski definition) is 5. The van der Waals surface area contributed by atoms with E-state index < -0.39 is 11.6 Å². The maximum atomic E-state index is 10.9. The van der Waals surface area contributed by atoms with Crippen LogP contribution in [0, 0.1) is 0 Å². The first kappa shape index (κ1) is 20.0. The monoisotopic (exact) mass is 348 g/mol. The van der Waals surface area contributed by atoms with Crippen LogP contribution in [0.5, 0.6) is 0 Å². The molecule has 0 radical (unpaired) electrons. The maximum Gasteiger partial charge on any atom is 0.300 e. The molecule has 1 aliphatic heterocycles. The molecule has 1 N–H and O–H groups in total. The average Bonchev–Trinajstić information content (AvgIpc) is 2.87. The van der Waals surface area contributed by atoms with Crippen molar-refractivity contribution in [2.45, 2.75) is 70.4 Å².